The number of nitrogens with one attached hydrogen (secondary N) is 1. The van der Waals surface area contributed by atoms with Gasteiger partial charge in [0.25, 0.3) is 5.91 Å². The number of likely N-dealkylation sites (tertiary alicyclic amines) is 1. The van der Waals surface area contributed by atoms with Crippen LogP contribution in [-0.4, -0.2) is 43.6 Å². The first-order chi connectivity index (χ1) is 9.20. The Labute approximate surface area is 112 Å². The fraction of sp³-hybridized carbons (Fsp3) is 0.500. The number of amides is 1. The largest absolute Gasteiger partial charge is 0.484 e. The lowest BCUT2D eigenvalue weighted by Gasteiger charge is -2.24. The number of hydrogen-bond acceptors (Lipinski definition) is 3. The third-order valence-electron chi connectivity index (χ3n) is 3.31. The van der Waals surface area contributed by atoms with Gasteiger partial charge in [-0.05, 0) is 44.2 Å². The SMILES string of the molecule is CNCC1CCCN1C(=O)COc1ccc(F)cc1. The van der Waals surface area contributed by atoms with Crippen LogP contribution >= 0.6 is 0 Å². The van der Waals surface area contributed by atoms with Gasteiger partial charge in [0.15, 0.2) is 6.61 Å². The predicted molar refractivity (Wildman–Crippen MR) is 70.6 cm³/mol. The molecule has 1 heterocycles. The Kier molecular flexibility index (Phi) is 4.74. The third-order valence-corrected chi connectivity index (χ3v) is 3.31. The number of hydrogen-bond donors (Lipinski definition) is 1. The highest BCUT2D eigenvalue weighted by molar-refractivity contribution is 5.78. The van der Waals surface area contributed by atoms with E-state index in [1.807, 2.05) is 11.9 Å². The molecule has 104 valence electrons. The minimum Gasteiger partial charge on any atom is -0.484 e. The lowest BCUT2D eigenvalue weighted by atomic mass is 10.2. The smallest absolute Gasteiger partial charge is 0.260 e. The second-order valence-electron chi connectivity index (χ2n) is 4.68. The van der Waals surface area contributed by atoms with E-state index in [1.165, 1.54) is 24.3 Å². The summed E-state index contributed by atoms with van der Waals surface area (Å²) in [6.45, 7) is 1.60. The maximum atomic E-state index is 12.7. The zero-order chi connectivity index (χ0) is 13.7. The van der Waals surface area contributed by atoms with Crippen molar-refractivity contribution in [3.05, 3.63) is 30.1 Å². The van der Waals surface area contributed by atoms with Gasteiger partial charge in [-0.2, -0.15) is 0 Å². The molecule has 1 unspecified atom stereocenters. The van der Waals surface area contributed by atoms with Crippen molar-refractivity contribution < 1.29 is 13.9 Å². The van der Waals surface area contributed by atoms with Crippen LogP contribution in [0.4, 0.5) is 4.39 Å². The van der Waals surface area contributed by atoms with Crippen LogP contribution in [0.3, 0.4) is 0 Å². The summed E-state index contributed by atoms with van der Waals surface area (Å²) in [5.74, 6) is 0.188. The molecule has 1 aromatic rings. The van der Waals surface area contributed by atoms with Crippen LogP contribution in [0.1, 0.15) is 12.8 Å². The second-order valence-corrected chi connectivity index (χ2v) is 4.68. The number of likely N-dealkylation sites (N-methyl/N-ethyl adjacent to an activating group) is 1. The number of benzene rings is 1. The summed E-state index contributed by atoms with van der Waals surface area (Å²) in [7, 11) is 1.88. The lowest BCUT2D eigenvalue weighted by molar-refractivity contribution is -0.134. The van der Waals surface area contributed by atoms with Crippen molar-refractivity contribution in [1.82, 2.24) is 10.2 Å². The van der Waals surface area contributed by atoms with E-state index in [1.54, 1.807) is 0 Å². The standard InChI is InChI=1S/C14H19FN2O2/c1-16-9-12-3-2-8-17(12)14(18)10-19-13-6-4-11(15)5-7-13/h4-7,12,16H,2-3,8-10H2,1H3. The molecule has 1 fully saturated rings. The number of carbonyl (C=O) groups excluding carboxylic acids is 1. The van der Waals surface area contributed by atoms with Crippen LogP contribution in [0.25, 0.3) is 0 Å². The number of rotatable bonds is 5. The monoisotopic (exact) mass is 266 g/mol. The van der Waals surface area contributed by atoms with Crippen molar-refractivity contribution in [3.63, 3.8) is 0 Å². The highest BCUT2D eigenvalue weighted by Crippen LogP contribution is 2.17. The van der Waals surface area contributed by atoms with Crippen LogP contribution in [0.5, 0.6) is 5.75 Å². The number of nitrogens with zero attached hydrogens (tertiary/aromatic N) is 1. The minimum absolute atomic E-state index is 0.00580. The molecule has 0 spiro atoms. The van der Waals surface area contributed by atoms with Crippen LogP contribution in [0.2, 0.25) is 0 Å². The van der Waals surface area contributed by atoms with Crippen LogP contribution in [0.15, 0.2) is 24.3 Å². The fourth-order valence-electron chi connectivity index (χ4n) is 2.37. The Bertz CT molecular complexity index is 422. The molecule has 0 saturated carbocycles. The molecule has 0 radical (unpaired) electrons. The molecule has 2 rings (SSSR count). The highest BCUT2D eigenvalue weighted by Gasteiger charge is 2.28. The van der Waals surface area contributed by atoms with E-state index in [0.717, 1.165) is 25.9 Å². The Morgan fingerprint density at radius 2 is 2.21 bits per heavy atom. The highest BCUT2D eigenvalue weighted by atomic mass is 19.1. The maximum absolute atomic E-state index is 12.7. The molecular formula is C14H19FN2O2. The van der Waals surface area contributed by atoms with Gasteiger partial charge in [0.1, 0.15) is 11.6 Å². The number of ether oxygens (including phenoxy) is 1. The number of carbonyl (C=O) groups is 1. The van der Waals surface area contributed by atoms with Crippen molar-refractivity contribution >= 4 is 5.91 Å². The molecule has 0 bridgehead atoms. The predicted octanol–water partition coefficient (Wildman–Crippen LogP) is 1.41. The van der Waals surface area contributed by atoms with Crippen LogP contribution in [0, 0.1) is 5.82 Å². The van der Waals surface area contributed by atoms with Crippen molar-refractivity contribution in [1.29, 1.82) is 0 Å². The van der Waals surface area contributed by atoms with Crippen LogP contribution < -0.4 is 10.1 Å². The number of halogens is 1. The first-order valence-corrected chi connectivity index (χ1v) is 6.53. The molecule has 19 heavy (non-hydrogen) atoms. The lowest BCUT2D eigenvalue weighted by Crippen LogP contribution is -2.43. The summed E-state index contributed by atoms with van der Waals surface area (Å²) in [5.41, 5.74) is 0. The minimum atomic E-state index is -0.313. The first-order valence-electron chi connectivity index (χ1n) is 6.53. The Morgan fingerprint density at radius 3 is 2.89 bits per heavy atom. The molecule has 1 amide bonds. The summed E-state index contributed by atoms with van der Waals surface area (Å²) >= 11 is 0. The van der Waals surface area contributed by atoms with E-state index in [9.17, 15) is 9.18 Å². The Balaban J connectivity index is 1.85. The molecule has 0 aliphatic carbocycles. The Hall–Kier alpha value is -1.62. The van der Waals surface area contributed by atoms with Gasteiger partial charge in [0.05, 0.1) is 0 Å². The van der Waals surface area contributed by atoms with E-state index in [-0.39, 0.29) is 24.4 Å². The van der Waals surface area contributed by atoms with Gasteiger partial charge in [-0.1, -0.05) is 0 Å². The second kappa shape index (κ2) is 6.52. The molecule has 1 N–H and O–H groups in total. The van der Waals surface area contributed by atoms with E-state index < -0.39 is 0 Å². The molecule has 1 atom stereocenters. The molecule has 1 aliphatic heterocycles. The first kappa shape index (κ1) is 13.8. The van der Waals surface area contributed by atoms with Gasteiger partial charge in [0, 0.05) is 19.1 Å². The zero-order valence-electron chi connectivity index (χ0n) is 11.1. The summed E-state index contributed by atoms with van der Waals surface area (Å²) < 4.78 is 18.1. The van der Waals surface area contributed by atoms with Gasteiger partial charge in [-0.3, -0.25) is 4.79 Å². The maximum Gasteiger partial charge on any atom is 0.260 e. The van der Waals surface area contributed by atoms with Gasteiger partial charge in [-0.15, -0.1) is 0 Å². The van der Waals surface area contributed by atoms with E-state index in [4.69, 9.17) is 4.74 Å². The quantitative estimate of drug-likeness (QED) is 0.876. The summed E-state index contributed by atoms with van der Waals surface area (Å²) in [6.07, 6.45) is 2.07. The van der Waals surface area contributed by atoms with Gasteiger partial charge >= 0.3 is 0 Å². The van der Waals surface area contributed by atoms with E-state index in [2.05, 4.69) is 5.32 Å². The van der Waals surface area contributed by atoms with Gasteiger partial charge in [-0.25, -0.2) is 4.39 Å². The molecule has 0 aromatic heterocycles. The van der Waals surface area contributed by atoms with Crippen molar-refractivity contribution in [2.75, 3.05) is 26.7 Å². The van der Waals surface area contributed by atoms with Crippen molar-refractivity contribution in [2.24, 2.45) is 0 Å². The van der Waals surface area contributed by atoms with Crippen molar-refractivity contribution in [3.8, 4) is 5.75 Å². The van der Waals surface area contributed by atoms with E-state index >= 15 is 0 Å². The summed E-state index contributed by atoms with van der Waals surface area (Å²) in [5, 5.41) is 3.10. The van der Waals surface area contributed by atoms with Gasteiger partial charge in [0.2, 0.25) is 0 Å². The fourth-order valence-corrected chi connectivity index (χ4v) is 2.37. The molecule has 1 aromatic carbocycles. The molecule has 4 nitrogen and oxygen atoms in total. The average Bonchev–Trinajstić information content (AvgIpc) is 2.86. The topological polar surface area (TPSA) is 41.6 Å². The van der Waals surface area contributed by atoms with E-state index in [0.29, 0.717) is 5.75 Å². The third kappa shape index (κ3) is 3.67. The zero-order valence-corrected chi connectivity index (χ0v) is 11.1. The molecule has 1 saturated heterocycles. The van der Waals surface area contributed by atoms with Gasteiger partial charge < -0.3 is 15.0 Å². The molecule has 1 aliphatic rings. The Morgan fingerprint density at radius 1 is 1.47 bits per heavy atom. The van der Waals surface area contributed by atoms with Crippen molar-refractivity contribution in [2.45, 2.75) is 18.9 Å². The summed E-state index contributed by atoms with van der Waals surface area (Å²) in [6, 6.07) is 5.95. The summed E-state index contributed by atoms with van der Waals surface area (Å²) in [4.78, 5) is 13.9. The normalized spacial score (nSPS) is 18.6. The average molecular weight is 266 g/mol. The molecule has 5 heteroatoms. The van der Waals surface area contributed by atoms with Crippen LogP contribution in [-0.2, 0) is 4.79 Å². The molecular weight excluding hydrogens is 247 g/mol.